The molecule has 0 bridgehead atoms. The zero-order chi connectivity index (χ0) is 19.9. The first-order chi connectivity index (χ1) is 13.4. The number of hydrogen-bond acceptors (Lipinski definition) is 5. The number of anilines is 1. The van der Waals surface area contributed by atoms with Gasteiger partial charge in [0.05, 0.1) is 24.7 Å². The summed E-state index contributed by atoms with van der Waals surface area (Å²) in [5.41, 5.74) is 1.01. The van der Waals surface area contributed by atoms with Gasteiger partial charge in [0.25, 0.3) is 5.91 Å². The average Bonchev–Trinajstić information content (AvgIpc) is 3.13. The number of ether oxygens (including phenoxy) is 1. The zero-order valence-corrected chi connectivity index (χ0v) is 16.5. The summed E-state index contributed by atoms with van der Waals surface area (Å²) in [5, 5.41) is 0.217. The van der Waals surface area contributed by atoms with Crippen molar-refractivity contribution in [1.82, 2.24) is 0 Å². The van der Waals surface area contributed by atoms with Crippen LogP contribution in [0.25, 0.3) is 0 Å². The number of amidine groups is 1. The van der Waals surface area contributed by atoms with E-state index in [0.717, 1.165) is 0 Å². The predicted octanol–water partition coefficient (Wildman–Crippen LogP) is 2.75. The van der Waals surface area contributed by atoms with Gasteiger partial charge in [-0.25, -0.2) is 12.8 Å². The molecule has 2 saturated heterocycles. The van der Waals surface area contributed by atoms with Gasteiger partial charge < -0.3 is 9.64 Å². The van der Waals surface area contributed by atoms with Crippen molar-refractivity contribution in [3.8, 4) is 5.75 Å². The number of rotatable bonds is 3. The highest BCUT2D eigenvalue weighted by Crippen LogP contribution is 2.41. The third-order valence-electron chi connectivity index (χ3n) is 4.71. The first-order valence-corrected chi connectivity index (χ1v) is 11.3. The zero-order valence-electron chi connectivity index (χ0n) is 14.9. The normalized spacial score (nSPS) is 24.4. The second-order valence-electron chi connectivity index (χ2n) is 6.58. The Hall–Kier alpha value is -2.39. The number of hydrogen-bond donors (Lipinski definition) is 0. The lowest BCUT2D eigenvalue weighted by Crippen LogP contribution is -2.37. The fraction of sp³-hybridized carbons (Fsp3) is 0.263. The van der Waals surface area contributed by atoms with Crippen molar-refractivity contribution in [3.05, 3.63) is 59.9 Å². The van der Waals surface area contributed by atoms with E-state index in [4.69, 9.17) is 4.74 Å². The number of benzene rings is 2. The highest BCUT2D eigenvalue weighted by Gasteiger charge is 2.49. The van der Waals surface area contributed by atoms with Crippen LogP contribution in [0.15, 0.2) is 53.5 Å². The van der Waals surface area contributed by atoms with Crippen molar-refractivity contribution in [2.45, 2.75) is 11.3 Å². The van der Waals surface area contributed by atoms with Gasteiger partial charge in [-0.05, 0) is 48.5 Å². The quantitative estimate of drug-likeness (QED) is 0.760. The van der Waals surface area contributed by atoms with Crippen molar-refractivity contribution in [2.75, 3.05) is 23.5 Å². The van der Waals surface area contributed by atoms with Crippen molar-refractivity contribution >= 4 is 38.4 Å². The Morgan fingerprint density at radius 3 is 2.46 bits per heavy atom. The minimum atomic E-state index is -3.16. The SMILES string of the molecule is COc1ccc(C(=O)N=C2S[C@H]3CS(=O)(=O)C[C@H]3N2c2ccc(F)cc2)cc1. The molecule has 1 amide bonds. The standard InChI is InChI=1S/C19H17FN2O4S2/c1-26-15-8-2-12(3-9-15)18(23)21-19-22(14-6-4-13(20)5-7-14)16-10-28(24,25)11-17(16)27-19/h2-9,16-17H,10-11H2,1H3/t16-,17+/m1/s1. The lowest BCUT2D eigenvalue weighted by molar-refractivity contribution is 0.100. The van der Waals surface area contributed by atoms with E-state index >= 15 is 0 Å². The molecule has 2 aliphatic heterocycles. The van der Waals surface area contributed by atoms with Crippen LogP contribution < -0.4 is 9.64 Å². The molecule has 2 aromatic carbocycles. The number of carbonyl (C=O) groups excluding carboxylic acids is 1. The summed E-state index contributed by atoms with van der Waals surface area (Å²) in [5.74, 6) is -0.167. The molecule has 0 spiro atoms. The molecule has 6 nitrogen and oxygen atoms in total. The van der Waals surface area contributed by atoms with E-state index in [-0.39, 0.29) is 28.6 Å². The van der Waals surface area contributed by atoms with E-state index in [1.807, 2.05) is 0 Å². The number of amides is 1. The van der Waals surface area contributed by atoms with Gasteiger partial charge in [0.2, 0.25) is 0 Å². The van der Waals surface area contributed by atoms with Crippen LogP contribution in [0.1, 0.15) is 10.4 Å². The maximum atomic E-state index is 13.3. The average molecular weight is 420 g/mol. The van der Waals surface area contributed by atoms with Crippen LogP contribution in [-0.4, -0.2) is 49.4 Å². The summed E-state index contributed by atoms with van der Waals surface area (Å²) in [6, 6.07) is 12.0. The minimum absolute atomic E-state index is 0.0161. The summed E-state index contributed by atoms with van der Waals surface area (Å²) in [7, 11) is -1.62. The van der Waals surface area contributed by atoms with Gasteiger partial charge in [0, 0.05) is 16.5 Å². The molecule has 0 N–H and O–H groups in total. The first kappa shape index (κ1) is 18.9. The van der Waals surface area contributed by atoms with Gasteiger partial charge in [-0.15, -0.1) is 0 Å². The molecule has 0 saturated carbocycles. The van der Waals surface area contributed by atoms with Gasteiger partial charge in [-0.1, -0.05) is 11.8 Å². The Morgan fingerprint density at radius 2 is 1.82 bits per heavy atom. The number of thioether (sulfide) groups is 1. The molecule has 146 valence electrons. The van der Waals surface area contributed by atoms with E-state index in [9.17, 15) is 17.6 Å². The molecule has 9 heteroatoms. The molecular formula is C19H17FN2O4S2. The molecule has 0 aromatic heterocycles. The van der Waals surface area contributed by atoms with E-state index in [1.54, 1.807) is 48.4 Å². The molecule has 0 radical (unpaired) electrons. The largest absolute Gasteiger partial charge is 0.497 e. The number of nitrogens with zero attached hydrogens (tertiary/aromatic N) is 2. The lowest BCUT2D eigenvalue weighted by atomic mass is 10.2. The van der Waals surface area contributed by atoms with Crippen LogP contribution in [0.5, 0.6) is 5.75 Å². The molecule has 0 aliphatic carbocycles. The highest BCUT2D eigenvalue weighted by atomic mass is 32.2. The van der Waals surface area contributed by atoms with Crippen LogP contribution in [0.2, 0.25) is 0 Å². The van der Waals surface area contributed by atoms with Crippen LogP contribution in [0, 0.1) is 5.82 Å². The Balaban J connectivity index is 1.68. The number of sulfone groups is 1. The van der Waals surface area contributed by atoms with E-state index in [1.165, 1.54) is 23.9 Å². The maximum absolute atomic E-state index is 13.3. The molecule has 4 rings (SSSR count). The van der Waals surface area contributed by atoms with Gasteiger partial charge in [0.1, 0.15) is 11.6 Å². The Morgan fingerprint density at radius 1 is 1.14 bits per heavy atom. The van der Waals surface area contributed by atoms with Crippen molar-refractivity contribution in [3.63, 3.8) is 0 Å². The smallest absolute Gasteiger partial charge is 0.279 e. The molecule has 2 aliphatic rings. The van der Waals surface area contributed by atoms with Gasteiger partial charge in [-0.2, -0.15) is 4.99 Å². The molecular weight excluding hydrogens is 403 g/mol. The lowest BCUT2D eigenvalue weighted by Gasteiger charge is -2.24. The number of fused-ring (bicyclic) bond motifs is 1. The highest BCUT2D eigenvalue weighted by molar-refractivity contribution is 8.16. The number of aliphatic imine (C=N–C) groups is 1. The second-order valence-corrected chi connectivity index (χ2v) is 9.94. The first-order valence-electron chi connectivity index (χ1n) is 8.55. The van der Waals surface area contributed by atoms with Gasteiger partial charge in [-0.3, -0.25) is 4.79 Å². The Labute approximate surface area is 166 Å². The third-order valence-corrected chi connectivity index (χ3v) is 7.92. The Bertz CT molecular complexity index is 1040. The summed E-state index contributed by atoms with van der Waals surface area (Å²) in [6.07, 6.45) is 0. The maximum Gasteiger partial charge on any atom is 0.279 e. The van der Waals surface area contributed by atoms with E-state index in [0.29, 0.717) is 22.2 Å². The summed E-state index contributed by atoms with van der Waals surface area (Å²) in [6.45, 7) is 0. The van der Waals surface area contributed by atoms with Crippen LogP contribution in [-0.2, 0) is 9.84 Å². The topological polar surface area (TPSA) is 76.0 Å². The molecule has 2 atom stereocenters. The van der Waals surface area contributed by atoms with Crippen molar-refractivity contribution in [1.29, 1.82) is 0 Å². The molecule has 2 aromatic rings. The molecule has 2 fully saturated rings. The number of carbonyl (C=O) groups is 1. The van der Waals surface area contributed by atoms with E-state index < -0.39 is 15.7 Å². The van der Waals surface area contributed by atoms with Crippen LogP contribution in [0.4, 0.5) is 10.1 Å². The second kappa shape index (κ2) is 7.21. The van der Waals surface area contributed by atoms with Crippen molar-refractivity contribution < 1.29 is 22.3 Å². The Kier molecular flexibility index (Phi) is 4.88. The number of halogens is 1. The van der Waals surface area contributed by atoms with Gasteiger partial charge >= 0.3 is 0 Å². The minimum Gasteiger partial charge on any atom is -0.497 e. The van der Waals surface area contributed by atoms with E-state index in [2.05, 4.69) is 4.99 Å². The molecule has 0 unspecified atom stereocenters. The van der Waals surface area contributed by atoms with Crippen LogP contribution >= 0.6 is 11.8 Å². The fourth-order valence-corrected chi connectivity index (χ4v) is 7.27. The van der Waals surface area contributed by atoms with Crippen molar-refractivity contribution in [2.24, 2.45) is 4.99 Å². The summed E-state index contributed by atoms with van der Waals surface area (Å²) < 4.78 is 42.6. The predicted molar refractivity (Wildman–Crippen MR) is 107 cm³/mol. The summed E-state index contributed by atoms with van der Waals surface area (Å²) in [4.78, 5) is 18.6. The summed E-state index contributed by atoms with van der Waals surface area (Å²) >= 11 is 1.28. The number of methoxy groups -OCH3 is 1. The molecule has 28 heavy (non-hydrogen) atoms. The molecule has 2 heterocycles. The third kappa shape index (κ3) is 3.64. The van der Waals surface area contributed by atoms with Crippen LogP contribution in [0.3, 0.4) is 0 Å². The monoisotopic (exact) mass is 420 g/mol. The fourth-order valence-electron chi connectivity index (χ4n) is 3.35. The van der Waals surface area contributed by atoms with Gasteiger partial charge in [0.15, 0.2) is 15.0 Å².